The van der Waals surface area contributed by atoms with Crippen molar-refractivity contribution in [1.29, 1.82) is 0 Å². The van der Waals surface area contributed by atoms with Crippen LogP contribution in [0.4, 0.5) is 0 Å². The standard InChI is InChI=1S/C13H17IN2O/c1-10-9-16(8-7-15(10)2)13(17)11-3-5-12(14)6-4-11/h3-6,10H,7-9H2,1-2H3. The molecule has 1 aliphatic heterocycles. The topological polar surface area (TPSA) is 23.6 Å². The minimum absolute atomic E-state index is 0.154. The zero-order chi connectivity index (χ0) is 12.4. The summed E-state index contributed by atoms with van der Waals surface area (Å²) < 4.78 is 1.16. The number of rotatable bonds is 1. The predicted molar refractivity (Wildman–Crippen MR) is 77.2 cm³/mol. The van der Waals surface area contributed by atoms with Gasteiger partial charge in [0.1, 0.15) is 0 Å². The highest BCUT2D eigenvalue weighted by atomic mass is 127. The molecule has 3 nitrogen and oxygen atoms in total. The van der Waals surface area contributed by atoms with E-state index in [1.807, 2.05) is 29.2 Å². The molecule has 0 N–H and O–H groups in total. The van der Waals surface area contributed by atoms with Gasteiger partial charge >= 0.3 is 0 Å². The third-order valence-corrected chi connectivity index (χ3v) is 4.06. The minimum Gasteiger partial charge on any atom is -0.336 e. The molecule has 0 bridgehead atoms. The smallest absolute Gasteiger partial charge is 0.253 e. The first-order valence-corrected chi connectivity index (χ1v) is 6.91. The summed E-state index contributed by atoms with van der Waals surface area (Å²) in [5.41, 5.74) is 0.794. The Balaban J connectivity index is 2.08. The van der Waals surface area contributed by atoms with Crippen molar-refractivity contribution in [3.63, 3.8) is 0 Å². The van der Waals surface area contributed by atoms with Gasteiger partial charge < -0.3 is 9.80 Å². The van der Waals surface area contributed by atoms with E-state index < -0.39 is 0 Å². The van der Waals surface area contributed by atoms with Crippen molar-refractivity contribution in [3.05, 3.63) is 33.4 Å². The number of amides is 1. The predicted octanol–water partition coefficient (Wildman–Crippen LogP) is 2.07. The van der Waals surface area contributed by atoms with Gasteiger partial charge in [-0.3, -0.25) is 4.79 Å². The van der Waals surface area contributed by atoms with Gasteiger partial charge in [0, 0.05) is 34.8 Å². The van der Waals surface area contributed by atoms with Crippen LogP contribution in [0.2, 0.25) is 0 Å². The summed E-state index contributed by atoms with van der Waals surface area (Å²) in [5, 5.41) is 0. The monoisotopic (exact) mass is 344 g/mol. The molecule has 1 fully saturated rings. The average molecular weight is 344 g/mol. The highest BCUT2D eigenvalue weighted by molar-refractivity contribution is 14.1. The van der Waals surface area contributed by atoms with Gasteiger partial charge in [0.05, 0.1) is 0 Å². The second-order valence-corrected chi connectivity index (χ2v) is 5.83. The van der Waals surface area contributed by atoms with Crippen molar-refractivity contribution in [3.8, 4) is 0 Å². The third kappa shape index (κ3) is 2.98. The van der Waals surface area contributed by atoms with Gasteiger partial charge in [-0.15, -0.1) is 0 Å². The summed E-state index contributed by atoms with van der Waals surface area (Å²) in [7, 11) is 2.11. The van der Waals surface area contributed by atoms with E-state index in [-0.39, 0.29) is 5.91 Å². The van der Waals surface area contributed by atoms with E-state index >= 15 is 0 Å². The van der Waals surface area contributed by atoms with Crippen molar-refractivity contribution in [2.45, 2.75) is 13.0 Å². The molecular weight excluding hydrogens is 327 g/mol. The summed E-state index contributed by atoms with van der Waals surface area (Å²) in [6.07, 6.45) is 0. The van der Waals surface area contributed by atoms with Crippen LogP contribution in [0.25, 0.3) is 0 Å². The zero-order valence-electron chi connectivity index (χ0n) is 10.2. The fourth-order valence-electron chi connectivity index (χ4n) is 2.01. The molecule has 1 saturated heterocycles. The quantitative estimate of drug-likeness (QED) is 0.729. The van der Waals surface area contributed by atoms with E-state index in [0.717, 1.165) is 28.8 Å². The molecule has 2 rings (SSSR count). The van der Waals surface area contributed by atoms with E-state index in [9.17, 15) is 4.79 Å². The van der Waals surface area contributed by atoms with Crippen LogP contribution >= 0.6 is 22.6 Å². The largest absolute Gasteiger partial charge is 0.336 e. The van der Waals surface area contributed by atoms with Crippen LogP contribution in [0.5, 0.6) is 0 Å². The van der Waals surface area contributed by atoms with Gasteiger partial charge in [0.15, 0.2) is 0 Å². The molecular formula is C13H17IN2O. The molecule has 17 heavy (non-hydrogen) atoms. The minimum atomic E-state index is 0.154. The van der Waals surface area contributed by atoms with Gasteiger partial charge in [-0.2, -0.15) is 0 Å². The molecule has 0 aliphatic carbocycles. The number of benzene rings is 1. The second kappa shape index (κ2) is 5.35. The van der Waals surface area contributed by atoms with Crippen LogP contribution in [0.15, 0.2) is 24.3 Å². The van der Waals surface area contributed by atoms with E-state index in [1.54, 1.807) is 0 Å². The van der Waals surface area contributed by atoms with Crippen LogP contribution in [0.3, 0.4) is 0 Å². The molecule has 0 saturated carbocycles. The highest BCUT2D eigenvalue weighted by Gasteiger charge is 2.24. The number of hydrogen-bond donors (Lipinski definition) is 0. The number of likely N-dealkylation sites (N-methyl/N-ethyl adjacent to an activating group) is 1. The first kappa shape index (κ1) is 12.8. The number of nitrogens with zero attached hydrogens (tertiary/aromatic N) is 2. The molecule has 1 atom stereocenters. The summed E-state index contributed by atoms with van der Waals surface area (Å²) in [6, 6.07) is 8.22. The van der Waals surface area contributed by atoms with Gasteiger partial charge in [-0.25, -0.2) is 0 Å². The fourth-order valence-corrected chi connectivity index (χ4v) is 2.37. The third-order valence-electron chi connectivity index (χ3n) is 3.34. The summed E-state index contributed by atoms with van der Waals surface area (Å²) >= 11 is 2.25. The normalized spacial score (nSPS) is 21.6. The van der Waals surface area contributed by atoms with E-state index in [0.29, 0.717) is 6.04 Å². The van der Waals surface area contributed by atoms with E-state index in [2.05, 4.69) is 41.5 Å². The molecule has 1 aliphatic rings. The summed E-state index contributed by atoms with van der Waals surface area (Å²) in [5.74, 6) is 0.154. The maximum atomic E-state index is 12.3. The number of carbonyl (C=O) groups excluding carboxylic acids is 1. The van der Waals surface area contributed by atoms with E-state index in [1.165, 1.54) is 0 Å². The van der Waals surface area contributed by atoms with E-state index in [4.69, 9.17) is 0 Å². The Labute approximate surface area is 116 Å². The lowest BCUT2D eigenvalue weighted by atomic mass is 10.1. The number of carbonyl (C=O) groups is 1. The molecule has 1 heterocycles. The lowest BCUT2D eigenvalue weighted by Gasteiger charge is -2.37. The van der Waals surface area contributed by atoms with Crippen molar-refractivity contribution < 1.29 is 4.79 Å². The molecule has 1 amide bonds. The lowest BCUT2D eigenvalue weighted by Crippen LogP contribution is -2.52. The molecule has 92 valence electrons. The Morgan fingerprint density at radius 2 is 1.94 bits per heavy atom. The maximum absolute atomic E-state index is 12.3. The van der Waals surface area contributed by atoms with Crippen LogP contribution in [0.1, 0.15) is 17.3 Å². The Bertz CT molecular complexity index is 404. The van der Waals surface area contributed by atoms with Gasteiger partial charge in [-0.05, 0) is 60.8 Å². The van der Waals surface area contributed by atoms with Crippen molar-refractivity contribution in [1.82, 2.24) is 9.80 Å². The molecule has 1 unspecified atom stereocenters. The fraction of sp³-hybridized carbons (Fsp3) is 0.462. The van der Waals surface area contributed by atoms with Gasteiger partial charge in [0.2, 0.25) is 0 Å². The molecule has 4 heteroatoms. The Morgan fingerprint density at radius 3 is 2.53 bits per heavy atom. The SMILES string of the molecule is CC1CN(C(=O)c2ccc(I)cc2)CCN1C. The van der Waals surface area contributed by atoms with Gasteiger partial charge in [-0.1, -0.05) is 0 Å². The second-order valence-electron chi connectivity index (χ2n) is 4.59. The molecule has 0 aromatic heterocycles. The molecule has 0 spiro atoms. The molecule has 1 aromatic rings. The molecule has 1 aromatic carbocycles. The van der Waals surface area contributed by atoms with Crippen molar-refractivity contribution in [2.75, 3.05) is 26.7 Å². The summed E-state index contributed by atoms with van der Waals surface area (Å²) in [4.78, 5) is 16.5. The summed E-state index contributed by atoms with van der Waals surface area (Å²) in [6.45, 7) is 4.76. The van der Waals surface area contributed by atoms with Crippen LogP contribution < -0.4 is 0 Å². The Kier molecular flexibility index (Phi) is 4.04. The zero-order valence-corrected chi connectivity index (χ0v) is 12.3. The lowest BCUT2D eigenvalue weighted by molar-refractivity contribution is 0.0572. The first-order valence-electron chi connectivity index (χ1n) is 5.83. The van der Waals surface area contributed by atoms with Crippen LogP contribution in [0, 0.1) is 3.57 Å². The van der Waals surface area contributed by atoms with Gasteiger partial charge in [0.25, 0.3) is 5.91 Å². The number of hydrogen-bond acceptors (Lipinski definition) is 2. The molecule has 0 radical (unpaired) electrons. The highest BCUT2D eigenvalue weighted by Crippen LogP contribution is 2.13. The van der Waals surface area contributed by atoms with Crippen LogP contribution in [-0.2, 0) is 0 Å². The number of piperazine rings is 1. The first-order chi connectivity index (χ1) is 8.08. The Hall–Kier alpha value is -0.620. The maximum Gasteiger partial charge on any atom is 0.253 e. The Morgan fingerprint density at radius 1 is 1.29 bits per heavy atom. The van der Waals surface area contributed by atoms with Crippen LogP contribution in [-0.4, -0.2) is 48.4 Å². The number of halogens is 1. The van der Waals surface area contributed by atoms with Crippen molar-refractivity contribution in [2.24, 2.45) is 0 Å². The van der Waals surface area contributed by atoms with Crippen molar-refractivity contribution >= 4 is 28.5 Å². The average Bonchev–Trinajstić information content (AvgIpc) is 2.33.